The molecule has 0 N–H and O–H groups in total. The highest BCUT2D eigenvalue weighted by Gasteiger charge is 2.26. The van der Waals surface area contributed by atoms with E-state index >= 15 is 0 Å². The zero-order chi connectivity index (χ0) is 11.9. The minimum absolute atomic E-state index is 0.0470. The summed E-state index contributed by atoms with van der Waals surface area (Å²) in [4.78, 5) is 11.3. The molecule has 15 heavy (non-hydrogen) atoms. The first-order chi connectivity index (χ1) is 6.95. The summed E-state index contributed by atoms with van der Waals surface area (Å²) in [5, 5.41) is 0. The van der Waals surface area contributed by atoms with Crippen molar-refractivity contribution in [2.24, 2.45) is 5.92 Å². The van der Waals surface area contributed by atoms with Crippen LogP contribution in [0.25, 0.3) is 0 Å². The Bertz CT molecular complexity index is 232. The largest absolute Gasteiger partial charge is 0.389 e. The van der Waals surface area contributed by atoms with Gasteiger partial charge < -0.3 is 9.05 Å². The summed E-state index contributed by atoms with van der Waals surface area (Å²) in [7, 11) is 0. The molecule has 0 aliphatic heterocycles. The van der Waals surface area contributed by atoms with Crippen LogP contribution in [-0.2, 0) is 18.4 Å². The van der Waals surface area contributed by atoms with Crippen LogP contribution in [0.5, 0.6) is 0 Å². The average Bonchev–Trinajstić information content (AvgIpc) is 2.15. The second-order valence-corrected chi connectivity index (χ2v) is 7.25. The molecule has 0 saturated carbocycles. The van der Waals surface area contributed by atoms with Crippen molar-refractivity contribution in [3.63, 3.8) is 0 Å². The Morgan fingerprint density at radius 3 is 2.07 bits per heavy atom. The number of rotatable bonds is 8. The lowest BCUT2D eigenvalue weighted by Crippen LogP contribution is -2.09. The first kappa shape index (κ1) is 15.2. The van der Waals surface area contributed by atoms with E-state index in [1.165, 1.54) is 0 Å². The lowest BCUT2D eigenvalue weighted by molar-refractivity contribution is -0.119. The molecule has 0 saturated heterocycles. The third-order valence-corrected chi connectivity index (χ3v) is 5.43. The summed E-state index contributed by atoms with van der Waals surface area (Å²) >= 11 is 0.971. The molecule has 0 aromatic carbocycles. The monoisotopic (exact) mass is 254 g/mol. The third-order valence-electron chi connectivity index (χ3n) is 1.58. The van der Waals surface area contributed by atoms with Gasteiger partial charge in [-0.3, -0.25) is 4.79 Å². The third kappa shape index (κ3) is 6.36. The molecular formula is C9H19O4PS. The van der Waals surface area contributed by atoms with E-state index in [2.05, 4.69) is 0 Å². The van der Waals surface area contributed by atoms with Crippen LogP contribution in [0.15, 0.2) is 0 Å². The first-order valence-corrected chi connectivity index (χ1v) is 8.14. The van der Waals surface area contributed by atoms with Crippen molar-refractivity contribution in [2.45, 2.75) is 27.7 Å². The van der Waals surface area contributed by atoms with Gasteiger partial charge in [0.2, 0.25) is 0 Å². The van der Waals surface area contributed by atoms with E-state index in [1.807, 2.05) is 13.8 Å². The fourth-order valence-corrected chi connectivity index (χ4v) is 4.15. The van der Waals surface area contributed by atoms with Crippen LogP contribution in [-0.4, -0.2) is 24.7 Å². The second-order valence-electron chi connectivity index (χ2n) is 3.18. The van der Waals surface area contributed by atoms with E-state index in [9.17, 15) is 9.36 Å². The molecule has 0 spiro atoms. The van der Waals surface area contributed by atoms with Gasteiger partial charge in [-0.15, -0.1) is 0 Å². The molecular weight excluding hydrogens is 235 g/mol. The predicted molar refractivity (Wildman–Crippen MR) is 63.2 cm³/mol. The van der Waals surface area contributed by atoms with Gasteiger partial charge in [0.05, 0.1) is 19.0 Å². The molecule has 0 aromatic heterocycles. The van der Waals surface area contributed by atoms with Crippen LogP contribution < -0.4 is 0 Å². The maximum atomic E-state index is 11.9. The van der Waals surface area contributed by atoms with Gasteiger partial charge >= 0.3 is 6.80 Å². The van der Waals surface area contributed by atoms with Gasteiger partial charge in [-0.25, -0.2) is 4.57 Å². The topological polar surface area (TPSA) is 52.6 Å². The summed E-state index contributed by atoms with van der Waals surface area (Å²) in [6.45, 7) is 4.64. The van der Waals surface area contributed by atoms with E-state index in [-0.39, 0.29) is 17.5 Å². The van der Waals surface area contributed by atoms with Gasteiger partial charge in [0.25, 0.3) is 0 Å². The Hall–Kier alpha value is 0.170. The van der Waals surface area contributed by atoms with Crippen molar-refractivity contribution in [3.05, 3.63) is 0 Å². The van der Waals surface area contributed by atoms with E-state index in [0.29, 0.717) is 13.2 Å². The van der Waals surface area contributed by atoms with E-state index in [0.717, 1.165) is 11.4 Å². The van der Waals surface area contributed by atoms with Crippen LogP contribution in [0.4, 0.5) is 0 Å². The Morgan fingerprint density at radius 2 is 1.73 bits per heavy atom. The van der Waals surface area contributed by atoms with Crippen molar-refractivity contribution < 1.29 is 18.4 Å². The quantitative estimate of drug-likeness (QED) is 0.623. The summed E-state index contributed by atoms with van der Waals surface area (Å²) in [6, 6.07) is 0. The van der Waals surface area contributed by atoms with Gasteiger partial charge in [0.1, 0.15) is 5.78 Å². The molecule has 0 aliphatic rings. The highest BCUT2D eigenvalue weighted by atomic mass is 32.7. The van der Waals surface area contributed by atoms with E-state index < -0.39 is 6.80 Å². The maximum Gasteiger partial charge on any atom is 0.389 e. The highest BCUT2D eigenvalue weighted by molar-refractivity contribution is 8.55. The Kier molecular flexibility index (Phi) is 7.53. The minimum Gasteiger partial charge on any atom is -0.301 e. The molecule has 0 aliphatic carbocycles. The van der Waals surface area contributed by atoms with Crippen LogP contribution in [0, 0.1) is 5.92 Å². The SMILES string of the molecule is CCOP(=O)(OCC)SCC(=O)C(C)C. The van der Waals surface area contributed by atoms with Crippen molar-refractivity contribution in [1.29, 1.82) is 0 Å². The van der Waals surface area contributed by atoms with Gasteiger partial charge in [-0.1, -0.05) is 13.8 Å². The van der Waals surface area contributed by atoms with Gasteiger partial charge in [-0.05, 0) is 25.2 Å². The summed E-state index contributed by atoms with van der Waals surface area (Å²) < 4.78 is 22.0. The number of ketones is 1. The molecule has 6 heteroatoms. The molecule has 0 unspecified atom stereocenters. The molecule has 0 fully saturated rings. The second kappa shape index (κ2) is 7.44. The first-order valence-electron chi connectivity index (χ1n) is 5.01. The molecule has 0 amide bonds. The minimum atomic E-state index is -3.12. The molecule has 90 valence electrons. The number of carbonyl (C=O) groups excluding carboxylic acids is 1. The van der Waals surface area contributed by atoms with Gasteiger partial charge in [0, 0.05) is 5.92 Å². The fourth-order valence-electron chi connectivity index (χ4n) is 0.737. The molecule has 0 radical (unpaired) electrons. The summed E-state index contributed by atoms with van der Waals surface area (Å²) in [5.41, 5.74) is 0. The standard InChI is InChI=1S/C9H19O4PS/c1-5-12-14(11,13-6-2)15-7-9(10)8(3)4/h8H,5-7H2,1-4H3. The Balaban J connectivity index is 4.18. The summed E-state index contributed by atoms with van der Waals surface area (Å²) in [6.07, 6.45) is 0. The lowest BCUT2D eigenvalue weighted by atomic mass is 10.1. The van der Waals surface area contributed by atoms with Crippen molar-refractivity contribution >= 4 is 24.0 Å². The fraction of sp³-hybridized carbons (Fsp3) is 0.889. The van der Waals surface area contributed by atoms with Crippen molar-refractivity contribution in [1.82, 2.24) is 0 Å². The Labute approximate surface area is 95.4 Å². The molecule has 0 bridgehead atoms. The van der Waals surface area contributed by atoms with Crippen LogP contribution in [0.1, 0.15) is 27.7 Å². The van der Waals surface area contributed by atoms with Crippen molar-refractivity contribution in [2.75, 3.05) is 19.0 Å². The van der Waals surface area contributed by atoms with Gasteiger partial charge in [0.15, 0.2) is 0 Å². The zero-order valence-electron chi connectivity index (χ0n) is 9.69. The highest BCUT2D eigenvalue weighted by Crippen LogP contribution is 2.60. The molecule has 4 nitrogen and oxygen atoms in total. The predicted octanol–water partition coefficient (Wildman–Crippen LogP) is 3.13. The van der Waals surface area contributed by atoms with Crippen LogP contribution in [0.3, 0.4) is 0 Å². The molecule has 0 heterocycles. The smallest absolute Gasteiger partial charge is 0.301 e. The number of Topliss-reactive ketones (excluding diaryl/α,β-unsaturated/α-hetero) is 1. The number of hydrogen-bond acceptors (Lipinski definition) is 5. The van der Waals surface area contributed by atoms with Crippen LogP contribution in [0.2, 0.25) is 0 Å². The average molecular weight is 254 g/mol. The Morgan fingerprint density at radius 1 is 1.27 bits per heavy atom. The molecule has 0 aromatic rings. The maximum absolute atomic E-state index is 11.9. The number of hydrogen-bond donors (Lipinski definition) is 0. The zero-order valence-corrected chi connectivity index (χ0v) is 11.4. The summed E-state index contributed by atoms with van der Waals surface area (Å²) in [5.74, 6) is 0.184. The lowest BCUT2D eigenvalue weighted by Gasteiger charge is -2.15. The normalized spacial score (nSPS) is 12.1. The number of carbonyl (C=O) groups is 1. The molecule has 0 rings (SSSR count). The van der Waals surface area contributed by atoms with Crippen LogP contribution >= 0.6 is 18.2 Å². The van der Waals surface area contributed by atoms with Gasteiger partial charge in [-0.2, -0.15) is 0 Å². The molecule has 0 atom stereocenters. The van der Waals surface area contributed by atoms with Crippen molar-refractivity contribution in [3.8, 4) is 0 Å². The van der Waals surface area contributed by atoms with E-state index in [1.54, 1.807) is 13.8 Å². The van der Waals surface area contributed by atoms with E-state index in [4.69, 9.17) is 9.05 Å².